The zero-order valence-electron chi connectivity index (χ0n) is 40.6. The third kappa shape index (κ3) is 10.5. The van der Waals surface area contributed by atoms with Gasteiger partial charge in [-0.15, -0.1) is 0 Å². The van der Waals surface area contributed by atoms with Gasteiger partial charge < -0.3 is 0 Å². The topological polar surface area (TPSA) is 0 Å². The standard InChI is InChI=1S/C60H72S/c1-38-28-39(2)30-45(29-38)61-56-46(36-43-24-20-18-21-25-43)42(5)35-47(48(56)37-44-26-22-19-23-27-44)53(54-49(57(6,7)8)31-40(3)32-50(54)58(9,10)11)55-51(59(12,13)14)33-41(4)34-52(55)60(15,16)17/h18-27,29-34,53H,36-37H2,1-17H3. The molecule has 318 valence electrons. The van der Waals surface area contributed by atoms with Crippen molar-refractivity contribution in [3.63, 3.8) is 0 Å². The van der Waals surface area contributed by atoms with Gasteiger partial charge in [0.05, 0.1) is 0 Å². The summed E-state index contributed by atoms with van der Waals surface area (Å²) in [5.74, 6) is -0.0942. The molecule has 0 fully saturated rings. The van der Waals surface area contributed by atoms with E-state index in [-0.39, 0.29) is 27.6 Å². The van der Waals surface area contributed by atoms with Crippen LogP contribution in [0.1, 0.15) is 178 Å². The molecule has 6 aromatic rings. The minimum atomic E-state index is -0.122. The first-order valence-electron chi connectivity index (χ1n) is 22.5. The minimum absolute atomic E-state index is 0.0942. The van der Waals surface area contributed by atoms with Gasteiger partial charge >= 0.3 is 0 Å². The van der Waals surface area contributed by atoms with Gasteiger partial charge in [-0.2, -0.15) is 0 Å². The molecule has 0 aliphatic heterocycles. The van der Waals surface area contributed by atoms with Crippen LogP contribution in [0.25, 0.3) is 0 Å². The molecule has 61 heavy (non-hydrogen) atoms. The predicted molar refractivity (Wildman–Crippen MR) is 265 cm³/mol. The van der Waals surface area contributed by atoms with Gasteiger partial charge in [0.25, 0.3) is 0 Å². The maximum absolute atomic E-state index is 4.36. The first-order valence-corrected chi connectivity index (χ1v) is 23.3. The van der Waals surface area contributed by atoms with Gasteiger partial charge in [0, 0.05) is 15.7 Å². The molecule has 0 nitrogen and oxygen atoms in total. The molecule has 0 saturated heterocycles. The third-order valence-corrected chi connectivity index (χ3v) is 13.3. The molecule has 0 spiro atoms. The fourth-order valence-corrected chi connectivity index (χ4v) is 10.7. The highest BCUT2D eigenvalue weighted by molar-refractivity contribution is 7.99. The average Bonchev–Trinajstić information content (AvgIpc) is 3.14. The molecular weight excluding hydrogens is 753 g/mol. The van der Waals surface area contributed by atoms with Gasteiger partial charge in [-0.25, -0.2) is 0 Å². The number of aryl methyl sites for hydroxylation is 5. The smallest absolute Gasteiger partial charge is 0.0361 e. The van der Waals surface area contributed by atoms with Crippen molar-refractivity contribution in [2.24, 2.45) is 0 Å². The molecule has 0 saturated carbocycles. The van der Waals surface area contributed by atoms with E-state index >= 15 is 0 Å². The molecule has 0 aliphatic carbocycles. The van der Waals surface area contributed by atoms with Crippen molar-refractivity contribution in [3.05, 3.63) is 198 Å². The normalized spacial score (nSPS) is 12.7. The lowest BCUT2D eigenvalue weighted by Gasteiger charge is -2.40. The zero-order valence-corrected chi connectivity index (χ0v) is 41.5. The number of benzene rings is 6. The fraction of sp³-hybridized carbons (Fsp3) is 0.400. The average molecular weight is 825 g/mol. The Labute approximate surface area is 376 Å². The molecule has 0 N–H and O–H groups in total. The van der Waals surface area contributed by atoms with E-state index in [1.54, 1.807) is 0 Å². The van der Waals surface area contributed by atoms with E-state index < -0.39 is 0 Å². The largest absolute Gasteiger partial charge is 0.0895 e. The summed E-state index contributed by atoms with van der Waals surface area (Å²) >= 11 is 1.95. The van der Waals surface area contributed by atoms with Gasteiger partial charge in [-0.05, 0) is 171 Å². The molecule has 2 radical (unpaired) electrons. The summed E-state index contributed by atoms with van der Waals surface area (Å²) in [7, 11) is 0. The fourth-order valence-electron chi connectivity index (χ4n) is 9.35. The van der Waals surface area contributed by atoms with Crippen LogP contribution in [0.2, 0.25) is 0 Å². The van der Waals surface area contributed by atoms with E-state index in [0.717, 1.165) is 12.8 Å². The summed E-state index contributed by atoms with van der Waals surface area (Å²) in [5.41, 5.74) is 21.0. The summed E-state index contributed by atoms with van der Waals surface area (Å²) in [4.78, 5) is 2.62. The van der Waals surface area contributed by atoms with Crippen LogP contribution in [-0.2, 0) is 34.5 Å². The molecular formula is C60H72S. The van der Waals surface area contributed by atoms with Crippen molar-refractivity contribution in [1.82, 2.24) is 0 Å². The Morgan fingerprint density at radius 3 is 1.18 bits per heavy atom. The van der Waals surface area contributed by atoms with Crippen molar-refractivity contribution in [3.8, 4) is 0 Å². The van der Waals surface area contributed by atoms with Crippen molar-refractivity contribution in [2.75, 3.05) is 0 Å². The highest BCUT2D eigenvalue weighted by Gasteiger charge is 2.39. The number of hydrogen-bond acceptors (Lipinski definition) is 1. The first kappa shape index (κ1) is 46.2. The van der Waals surface area contributed by atoms with Gasteiger partial charge in [-0.3, -0.25) is 0 Å². The van der Waals surface area contributed by atoms with Crippen LogP contribution in [0, 0.1) is 46.8 Å². The van der Waals surface area contributed by atoms with E-state index in [1.165, 1.54) is 98.8 Å². The summed E-state index contributed by atoms with van der Waals surface area (Å²) in [6, 6.07) is 44.8. The third-order valence-electron chi connectivity index (χ3n) is 12.2. The summed E-state index contributed by atoms with van der Waals surface area (Å²) < 4.78 is 0. The maximum atomic E-state index is 4.36. The van der Waals surface area contributed by atoms with Crippen molar-refractivity contribution < 1.29 is 0 Å². The highest BCUT2D eigenvalue weighted by Crippen LogP contribution is 2.52. The van der Waals surface area contributed by atoms with Gasteiger partial charge in [0.15, 0.2) is 0 Å². The highest BCUT2D eigenvalue weighted by atomic mass is 32.2. The van der Waals surface area contributed by atoms with Crippen molar-refractivity contribution >= 4 is 11.8 Å². The molecule has 6 rings (SSSR count). The monoisotopic (exact) mass is 825 g/mol. The second-order valence-corrected chi connectivity index (χ2v) is 23.1. The van der Waals surface area contributed by atoms with Crippen LogP contribution in [0.3, 0.4) is 0 Å². The van der Waals surface area contributed by atoms with Crippen LogP contribution in [0.15, 0.2) is 107 Å². The summed E-state index contributed by atoms with van der Waals surface area (Å²) in [5, 5.41) is 0. The van der Waals surface area contributed by atoms with Crippen LogP contribution in [-0.4, -0.2) is 0 Å². The summed E-state index contributed by atoms with van der Waals surface area (Å²) in [6.07, 6.45) is 1.64. The quantitative estimate of drug-likeness (QED) is 0.131. The number of hydrogen-bond donors (Lipinski definition) is 0. The van der Waals surface area contributed by atoms with E-state index in [2.05, 4.69) is 227 Å². The number of rotatable bonds is 9. The maximum Gasteiger partial charge on any atom is 0.0361 e. The SMILES string of the molecule is Cc1[c]c(C)cc(Sc2c(Cc3ccccc3)c(C)[c]c(C(c3c(C(C)(C)C)cc(C)cc3C(C)(C)C)c3c(C(C)(C)C)cc(C)cc3C(C)(C)C)c2Cc2ccccc2)c1. The Balaban J connectivity index is 1.93. The molecule has 0 bridgehead atoms. The van der Waals surface area contributed by atoms with Crippen LogP contribution < -0.4 is 0 Å². The second-order valence-electron chi connectivity index (χ2n) is 22.0. The zero-order chi connectivity index (χ0) is 44.8. The Morgan fingerprint density at radius 1 is 0.459 bits per heavy atom. The molecule has 0 aliphatic rings. The molecule has 0 amide bonds. The van der Waals surface area contributed by atoms with E-state index in [9.17, 15) is 0 Å². The van der Waals surface area contributed by atoms with Crippen molar-refractivity contribution in [2.45, 2.75) is 168 Å². The lowest BCUT2D eigenvalue weighted by atomic mass is 9.63. The van der Waals surface area contributed by atoms with Gasteiger partial charge in [0.2, 0.25) is 0 Å². The molecule has 0 atom stereocenters. The molecule has 6 aromatic carbocycles. The predicted octanol–water partition coefficient (Wildman–Crippen LogP) is 16.5. The lowest BCUT2D eigenvalue weighted by molar-refractivity contribution is 0.535. The molecule has 0 unspecified atom stereocenters. The van der Waals surface area contributed by atoms with Gasteiger partial charge in [0.1, 0.15) is 0 Å². The molecule has 1 heteroatoms. The van der Waals surface area contributed by atoms with Gasteiger partial charge in [-0.1, -0.05) is 191 Å². The van der Waals surface area contributed by atoms with Crippen LogP contribution >= 0.6 is 11.8 Å². The molecule has 0 heterocycles. The Hall–Kier alpha value is -4.33. The van der Waals surface area contributed by atoms with Crippen molar-refractivity contribution in [1.29, 1.82) is 0 Å². The first-order chi connectivity index (χ1) is 28.3. The van der Waals surface area contributed by atoms with E-state index in [0.29, 0.717) is 0 Å². The Kier molecular flexibility index (Phi) is 13.2. The van der Waals surface area contributed by atoms with Crippen LogP contribution in [0.5, 0.6) is 0 Å². The summed E-state index contributed by atoms with van der Waals surface area (Å²) in [6.45, 7) is 40.3. The lowest BCUT2D eigenvalue weighted by Crippen LogP contribution is -2.29. The van der Waals surface area contributed by atoms with E-state index in [4.69, 9.17) is 0 Å². The van der Waals surface area contributed by atoms with Crippen LogP contribution in [0.4, 0.5) is 0 Å². The Morgan fingerprint density at radius 2 is 0.820 bits per heavy atom. The molecule has 0 aromatic heterocycles. The Bertz CT molecular complexity index is 2330. The second kappa shape index (κ2) is 17.4. The minimum Gasteiger partial charge on any atom is -0.0895 e. The van der Waals surface area contributed by atoms with E-state index in [1.807, 2.05) is 11.8 Å².